The Bertz CT molecular complexity index is 668. The summed E-state index contributed by atoms with van der Waals surface area (Å²) in [6, 6.07) is 0. The Morgan fingerprint density at radius 1 is 1.59 bits per heavy atom. The van der Waals surface area contributed by atoms with Crippen LogP contribution in [0.1, 0.15) is 5.69 Å². The second kappa shape index (κ2) is 3.70. The molecule has 0 radical (unpaired) electrons. The fourth-order valence-corrected chi connectivity index (χ4v) is 2.50. The number of carboxylic acid groups (broad SMARTS) is 1. The first-order chi connectivity index (χ1) is 8.24. The van der Waals surface area contributed by atoms with Gasteiger partial charge in [-0.3, -0.25) is 9.20 Å². The average Bonchev–Trinajstić information content (AvgIpc) is 2.93. The van der Waals surface area contributed by atoms with Gasteiger partial charge in [-0.1, -0.05) is 0 Å². The monoisotopic (exact) mass is 248 g/mol. The molecule has 3 aromatic rings. The molecule has 0 aromatic carbocycles. The smallest absolute Gasteiger partial charge is 0.309 e. The van der Waals surface area contributed by atoms with Gasteiger partial charge in [0.15, 0.2) is 10.8 Å². The second-order valence-corrected chi connectivity index (χ2v) is 4.35. The zero-order valence-corrected chi connectivity index (χ0v) is 9.44. The largest absolute Gasteiger partial charge is 0.481 e. The standard InChI is InChI=1S/C10H8N4O2S/c15-8(16)3-6-5-17-10-13-7(4-14(6)10)9-11-1-2-12-9/h1-2,4-5H,3H2,(H,11,12)(H,15,16). The maximum absolute atomic E-state index is 10.7. The number of carboxylic acids is 1. The van der Waals surface area contributed by atoms with E-state index in [2.05, 4.69) is 15.0 Å². The van der Waals surface area contributed by atoms with Crippen molar-refractivity contribution in [1.29, 1.82) is 0 Å². The number of rotatable bonds is 3. The first kappa shape index (κ1) is 10.0. The highest BCUT2D eigenvalue weighted by atomic mass is 32.1. The first-order valence-electron chi connectivity index (χ1n) is 4.91. The quantitative estimate of drug-likeness (QED) is 0.734. The molecule has 0 spiro atoms. The number of hydrogen-bond donors (Lipinski definition) is 2. The molecule has 0 fully saturated rings. The van der Waals surface area contributed by atoms with Crippen molar-refractivity contribution >= 4 is 22.3 Å². The Kier molecular flexibility index (Phi) is 2.19. The van der Waals surface area contributed by atoms with Crippen LogP contribution in [0.4, 0.5) is 0 Å². The van der Waals surface area contributed by atoms with Gasteiger partial charge in [0, 0.05) is 29.7 Å². The highest BCUT2D eigenvalue weighted by Gasteiger charge is 2.12. The molecule has 0 amide bonds. The zero-order valence-electron chi connectivity index (χ0n) is 8.62. The lowest BCUT2D eigenvalue weighted by molar-refractivity contribution is -0.136. The number of aromatic nitrogens is 4. The van der Waals surface area contributed by atoms with Gasteiger partial charge in [0.05, 0.1) is 6.42 Å². The molecule has 0 aliphatic rings. The third-order valence-electron chi connectivity index (χ3n) is 2.36. The Morgan fingerprint density at radius 3 is 3.18 bits per heavy atom. The molecule has 0 aliphatic heterocycles. The SMILES string of the molecule is O=C(O)Cc1csc2nc(-c3ncc[nH]3)cn12. The van der Waals surface area contributed by atoms with Crippen LogP contribution in [-0.4, -0.2) is 30.4 Å². The lowest BCUT2D eigenvalue weighted by Crippen LogP contribution is -2.02. The summed E-state index contributed by atoms with van der Waals surface area (Å²) in [6.45, 7) is 0. The molecule has 6 nitrogen and oxygen atoms in total. The molecule has 0 aliphatic carbocycles. The average molecular weight is 248 g/mol. The minimum absolute atomic E-state index is 0.00600. The lowest BCUT2D eigenvalue weighted by Gasteiger charge is -1.92. The van der Waals surface area contributed by atoms with Crippen LogP contribution in [0.3, 0.4) is 0 Å². The van der Waals surface area contributed by atoms with E-state index in [1.54, 1.807) is 23.0 Å². The van der Waals surface area contributed by atoms with Gasteiger partial charge in [0.2, 0.25) is 0 Å². The number of aliphatic carboxylic acids is 1. The van der Waals surface area contributed by atoms with Crippen molar-refractivity contribution in [3.63, 3.8) is 0 Å². The van der Waals surface area contributed by atoms with Gasteiger partial charge in [-0.15, -0.1) is 11.3 Å². The summed E-state index contributed by atoms with van der Waals surface area (Å²) in [5, 5.41) is 10.6. The lowest BCUT2D eigenvalue weighted by atomic mass is 10.3. The predicted molar refractivity (Wildman–Crippen MR) is 62.0 cm³/mol. The molecule has 3 rings (SSSR count). The zero-order chi connectivity index (χ0) is 11.8. The van der Waals surface area contributed by atoms with Crippen molar-refractivity contribution in [1.82, 2.24) is 19.4 Å². The van der Waals surface area contributed by atoms with E-state index in [1.807, 2.05) is 5.38 Å². The number of nitrogens with one attached hydrogen (secondary N) is 1. The van der Waals surface area contributed by atoms with Crippen LogP contribution in [0.5, 0.6) is 0 Å². The van der Waals surface area contributed by atoms with E-state index in [4.69, 9.17) is 5.11 Å². The van der Waals surface area contributed by atoms with Crippen molar-refractivity contribution in [2.24, 2.45) is 0 Å². The molecule has 0 saturated heterocycles. The molecule has 0 bridgehead atoms. The van der Waals surface area contributed by atoms with Crippen molar-refractivity contribution in [3.05, 3.63) is 29.7 Å². The summed E-state index contributed by atoms with van der Waals surface area (Å²) in [5.41, 5.74) is 1.44. The number of thiazole rings is 1. The predicted octanol–water partition coefficient (Wildman–Crippen LogP) is 1.41. The molecule has 7 heteroatoms. The topological polar surface area (TPSA) is 83.3 Å². The highest BCUT2D eigenvalue weighted by Crippen LogP contribution is 2.21. The molecule has 0 saturated carbocycles. The second-order valence-electron chi connectivity index (χ2n) is 3.51. The minimum atomic E-state index is -0.849. The molecule has 0 atom stereocenters. The summed E-state index contributed by atoms with van der Waals surface area (Å²) in [4.78, 5) is 22.9. The number of imidazole rings is 2. The summed E-state index contributed by atoms with van der Waals surface area (Å²) < 4.78 is 1.79. The van der Waals surface area contributed by atoms with Gasteiger partial charge in [0.25, 0.3) is 0 Å². The molecule has 2 N–H and O–H groups in total. The summed E-state index contributed by atoms with van der Waals surface area (Å²) in [7, 11) is 0. The minimum Gasteiger partial charge on any atom is -0.481 e. The molecule has 3 heterocycles. The number of aromatic amines is 1. The summed E-state index contributed by atoms with van der Waals surface area (Å²) in [5.74, 6) is -0.167. The van der Waals surface area contributed by atoms with Gasteiger partial charge in [-0.2, -0.15) is 0 Å². The van der Waals surface area contributed by atoms with E-state index in [0.29, 0.717) is 11.5 Å². The Morgan fingerprint density at radius 2 is 2.47 bits per heavy atom. The fraction of sp³-hybridized carbons (Fsp3) is 0.100. The Labute approximate surface area is 99.6 Å². The summed E-state index contributed by atoms with van der Waals surface area (Å²) >= 11 is 1.42. The van der Waals surface area contributed by atoms with Crippen molar-refractivity contribution in [3.8, 4) is 11.5 Å². The molecule has 3 aromatic heterocycles. The Balaban J connectivity index is 2.08. The first-order valence-corrected chi connectivity index (χ1v) is 5.79. The van der Waals surface area contributed by atoms with E-state index in [-0.39, 0.29) is 6.42 Å². The van der Waals surface area contributed by atoms with Crippen molar-refractivity contribution < 1.29 is 9.90 Å². The fourth-order valence-electron chi connectivity index (χ4n) is 1.63. The third kappa shape index (κ3) is 1.70. The Hall–Kier alpha value is -2.15. The van der Waals surface area contributed by atoms with Crippen LogP contribution in [0.2, 0.25) is 0 Å². The van der Waals surface area contributed by atoms with Crippen LogP contribution >= 0.6 is 11.3 Å². The van der Waals surface area contributed by atoms with E-state index in [1.165, 1.54) is 11.3 Å². The van der Waals surface area contributed by atoms with E-state index in [9.17, 15) is 4.79 Å². The van der Waals surface area contributed by atoms with Crippen LogP contribution in [0.15, 0.2) is 24.0 Å². The van der Waals surface area contributed by atoms with Gasteiger partial charge in [-0.05, 0) is 0 Å². The molecular weight excluding hydrogens is 240 g/mol. The number of hydrogen-bond acceptors (Lipinski definition) is 4. The van der Waals surface area contributed by atoms with Crippen molar-refractivity contribution in [2.45, 2.75) is 6.42 Å². The maximum atomic E-state index is 10.7. The van der Waals surface area contributed by atoms with Gasteiger partial charge < -0.3 is 10.1 Å². The summed E-state index contributed by atoms with van der Waals surface area (Å²) in [6.07, 6.45) is 5.17. The van der Waals surface area contributed by atoms with E-state index >= 15 is 0 Å². The highest BCUT2D eigenvalue weighted by molar-refractivity contribution is 7.15. The van der Waals surface area contributed by atoms with Crippen LogP contribution in [0.25, 0.3) is 16.5 Å². The van der Waals surface area contributed by atoms with E-state index in [0.717, 1.165) is 10.7 Å². The number of H-pyrrole nitrogens is 1. The number of fused-ring (bicyclic) bond motifs is 1. The number of carbonyl (C=O) groups is 1. The van der Waals surface area contributed by atoms with Crippen LogP contribution in [0, 0.1) is 0 Å². The van der Waals surface area contributed by atoms with Gasteiger partial charge >= 0.3 is 5.97 Å². The van der Waals surface area contributed by atoms with E-state index < -0.39 is 5.97 Å². The molecule has 86 valence electrons. The van der Waals surface area contributed by atoms with Gasteiger partial charge in [0.1, 0.15) is 5.69 Å². The van der Waals surface area contributed by atoms with Crippen LogP contribution < -0.4 is 0 Å². The third-order valence-corrected chi connectivity index (χ3v) is 3.25. The number of nitrogens with zero attached hydrogens (tertiary/aromatic N) is 3. The molecule has 17 heavy (non-hydrogen) atoms. The van der Waals surface area contributed by atoms with Crippen LogP contribution in [-0.2, 0) is 11.2 Å². The normalized spacial score (nSPS) is 11.1. The molecular formula is C10H8N4O2S. The van der Waals surface area contributed by atoms with Crippen molar-refractivity contribution in [2.75, 3.05) is 0 Å². The maximum Gasteiger partial charge on any atom is 0.309 e. The molecule has 0 unspecified atom stereocenters. The van der Waals surface area contributed by atoms with Gasteiger partial charge in [-0.25, -0.2) is 9.97 Å².